The number of aromatic nitrogens is 2. The van der Waals surface area contributed by atoms with Crippen LogP contribution in [0.5, 0.6) is 0 Å². The lowest BCUT2D eigenvalue weighted by atomic mass is 9.79. The Hall–Kier alpha value is -2.17. The van der Waals surface area contributed by atoms with Gasteiger partial charge >= 0.3 is 0 Å². The molecule has 5 heteroatoms. The Labute approximate surface area is 148 Å². The van der Waals surface area contributed by atoms with Gasteiger partial charge in [0, 0.05) is 11.3 Å². The molecule has 0 unspecified atom stereocenters. The molecular formula is C20H27N3O2. The van der Waals surface area contributed by atoms with Crippen LogP contribution in [-0.4, -0.2) is 16.1 Å². The predicted octanol–water partition coefficient (Wildman–Crippen LogP) is 3.54. The topological polar surface area (TPSA) is 74.8 Å². The highest BCUT2D eigenvalue weighted by Crippen LogP contribution is 2.32. The fourth-order valence-corrected chi connectivity index (χ4v) is 3.83. The number of fused-ring (bicyclic) bond motifs is 1. The van der Waals surface area contributed by atoms with E-state index in [2.05, 4.69) is 22.4 Å². The van der Waals surface area contributed by atoms with Crippen molar-refractivity contribution in [2.45, 2.75) is 58.4 Å². The van der Waals surface area contributed by atoms with Crippen LogP contribution in [-0.2, 0) is 11.3 Å². The van der Waals surface area contributed by atoms with Gasteiger partial charge in [0.1, 0.15) is 0 Å². The summed E-state index contributed by atoms with van der Waals surface area (Å²) in [7, 11) is 0. The highest BCUT2D eigenvalue weighted by Gasteiger charge is 2.25. The summed E-state index contributed by atoms with van der Waals surface area (Å²) in [6, 6.07) is 7.36. The maximum Gasteiger partial charge on any atom is 0.272 e. The number of benzene rings is 1. The Kier molecular flexibility index (Phi) is 5.84. The highest BCUT2D eigenvalue weighted by atomic mass is 16.2. The first-order valence-corrected chi connectivity index (χ1v) is 9.43. The molecule has 0 saturated heterocycles. The van der Waals surface area contributed by atoms with Gasteiger partial charge in [-0.05, 0) is 37.7 Å². The van der Waals surface area contributed by atoms with E-state index < -0.39 is 0 Å². The van der Waals surface area contributed by atoms with Gasteiger partial charge in [-0.25, -0.2) is 5.10 Å². The quantitative estimate of drug-likeness (QED) is 0.844. The summed E-state index contributed by atoms with van der Waals surface area (Å²) in [5.41, 5.74) is 0.510. The summed E-state index contributed by atoms with van der Waals surface area (Å²) in [5.74, 6) is 1.03. The molecule has 1 amide bonds. The van der Waals surface area contributed by atoms with E-state index >= 15 is 0 Å². The minimum absolute atomic E-state index is 0.117. The minimum Gasteiger partial charge on any atom is -0.350 e. The molecule has 25 heavy (non-hydrogen) atoms. The van der Waals surface area contributed by atoms with Crippen molar-refractivity contribution in [1.29, 1.82) is 0 Å². The average Bonchev–Trinajstić information content (AvgIpc) is 2.66. The van der Waals surface area contributed by atoms with Crippen molar-refractivity contribution in [3.63, 3.8) is 0 Å². The third-order valence-corrected chi connectivity index (χ3v) is 5.39. The average molecular weight is 341 g/mol. The third kappa shape index (κ3) is 4.27. The van der Waals surface area contributed by atoms with Crippen molar-refractivity contribution in [3.8, 4) is 0 Å². The van der Waals surface area contributed by atoms with E-state index in [1.54, 1.807) is 6.07 Å². The van der Waals surface area contributed by atoms with Crippen LogP contribution in [0.2, 0.25) is 0 Å². The molecule has 3 rings (SSSR count). The Morgan fingerprint density at radius 3 is 2.64 bits per heavy atom. The SMILES string of the molecule is CCCCC1CCC(C(=O)NCc2n[nH]c(=O)c3ccccc23)CC1. The van der Waals surface area contributed by atoms with Crippen LogP contribution in [0.15, 0.2) is 29.1 Å². The summed E-state index contributed by atoms with van der Waals surface area (Å²) >= 11 is 0. The summed E-state index contributed by atoms with van der Waals surface area (Å²) in [5, 5.41) is 11.1. The first-order valence-electron chi connectivity index (χ1n) is 9.43. The molecule has 1 aromatic heterocycles. The van der Waals surface area contributed by atoms with Gasteiger partial charge in [-0.3, -0.25) is 9.59 Å². The van der Waals surface area contributed by atoms with Crippen LogP contribution in [0.1, 0.15) is 57.6 Å². The van der Waals surface area contributed by atoms with E-state index in [1.807, 2.05) is 18.2 Å². The number of amides is 1. The Bertz CT molecular complexity index is 776. The van der Waals surface area contributed by atoms with Gasteiger partial charge in [0.15, 0.2) is 0 Å². The van der Waals surface area contributed by atoms with E-state index in [0.717, 1.165) is 37.0 Å². The van der Waals surface area contributed by atoms with Crippen molar-refractivity contribution in [2.24, 2.45) is 11.8 Å². The van der Waals surface area contributed by atoms with E-state index in [1.165, 1.54) is 19.3 Å². The number of nitrogens with one attached hydrogen (secondary N) is 2. The van der Waals surface area contributed by atoms with Gasteiger partial charge < -0.3 is 5.32 Å². The fraction of sp³-hybridized carbons (Fsp3) is 0.550. The molecule has 1 heterocycles. The lowest BCUT2D eigenvalue weighted by Gasteiger charge is -2.27. The van der Waals surface area contributed by atoms with E-state index in [4.69, 9.17) is 0 Å². The smallest absolute Gasteiger partial charge is 0.272 e. The van der Waals surface area contributed by atoms with Gasteiger partial charge in [0.05, 0.1) is 17.6 Å². The van der Waals surface area contributed by atoms with Crippen LogP contribution >= 0.6 is 0 Å². The number of hydrogen-bond donors (Lipinski definition) is 2. The molecular weight excluding hydrogens is 314 g/mol. The zero-order valence-electron chi connectivity index (χ0n) is 14.9. The number of nitrogens with zero attached hydrogens (tertiary/aromatic N) is 1. The predicted molar refractivity (Wildman–Crippen MR) is 99.2 cm³/mol. The standard InChI is InChI=1S/C20H27N3O2/c1-2-3-6-14-9-11-15(12-10-14)19(24)21-13-18-16-7-4-5-8-17(16)20(25)23-22-18/h4-5,7-8,14-15H,2-3,6,9-13H2,1H3,(H,21,24)(H,23,25). The molecule has 0 radical (unpaired) electrons. The molecule has 1 fully saturated rings. The summed E-state index contributed by atoms with van der Waals surface area (Å²) < 4.78 is 0. The first kappa shape index (κ1) is 17.6. The van der Waals surface area contributed by atoms with Crippen molar-refractivity contribution in [2.75, 3.05) is 0 Å². The highest BCUT2D eigenvalue weighted by molar-refractivity contribution is 5.84. The van der Waals surface area contributed by atoms with E-state index in [0.29, 0.717) is 17.6 Å². The Morgan fingerprint density at radius 2 is 1.92 bits per heavy atom. The number of hydrogen-bond acceptors (Lipinski definition) is 3. The van der Waals surface area contributed by atoms with Crippen LogP contribution in [0.4, 0.5) is 0 Å². The molecule has 134 valence electrons. The van der Waals surface area contributed by atoms with Crippen LogP contribution < -0.4 is 10.9 Å². The number of carbonyl (C=O) groups is 1. The number of rotatable bonds is 6. The molecule has 1 saturated carbocycles. The summed E-state index contributed by atoms with van der Waals surface area (Å²) in [6.07, 6.45) is 8.15. The van der Waals surface area contributed by atoms with Gasteiger partial charge in [-0.2, -0.15) is 5.10 Å². The largest absolute Gasteiger partial charge is 0.350 e. The molecule has 1 aliphatic carbocycles. The maximum absolute atomic E-state index is 12.5. The second-order valence-electron chi connectivity index (χ2n) is 7.12. The summed E-state index contributed by atoms with van der Waals surface area (Å²) in [4.78, 5) is 24.3. The number of unbranched alkanes of at least 4 members (excludes halogenated alkanes) is 1. The Balaban J connectivity index is 1.57. The molecule has 2 aromatic rings. The van der Waals surface area contributed by atoms with E-state index in [9.17, 15) is 9.59 Å². The number of aromatic amines is 1. The van der Waals surface area contributed by atoms with E-state index in [-0.39, 0.29) is 17.4 Å². The summed E-state index contributed by atoms with van der Waals surface area (Å²) in [6.45, 7) is 2.58. The molecule has 2 N–H and O–H groups in total. The lowest BCUT2D eigenvalue weighted by molar-refractivity contribution is -0.126. The monoisotopic (exact) mass is 341 g/mol. The lowest BCUT2D eigenvalue weighted by Crippen LogP contribution is -2.33. The third-order valence-electron chi connectivity index (χ3n) is 5.39. The van der Waals surface area contributed by atoms with Crippen molar-refractivity contribution < 1.29 is 4.79 Å². The second kappa shape index (κ2) is 8.28. The van der Waals surface area contributed by atoms with Crippen LogP contribution in [0.25, 0.3) is 10.8 Å². The molecule has 1 aliphatic rings. The minimum atomic E-state index is -0.198. The number of carbonyl (C=O) groups excluding carboxylic acids is 1. The van der Waals surface area contributed by atoms with Crippen molar-refractivity contribution >= 4 is 16.7 Å². The van der Waals surface area contributed by atoms with Gasteiger partial charge in [-0.15, -0.1) is 0 Å². The zero-order valence-corrected chi connectivity index (χ0v) is 14.9. The van der Waals surface area contributed by atoms with Crippen LogP contribution in [0.3, 0.4) is 0 Å². The van der Waals surface area contributed by atoms with Gasteiger partial charge in [0.2, 0.25) is 5.91 Å². The van der Waals surface area contributed by atoms with Crippen LogP contribution in [0, 0.1) is 11.8 Å². The normalized spacial score (nSPS) is 20.5. The molecule has 5 nitrogen and oxygen atoms in total. The molecule has 0 spiro atoms. The fourth-order valence-electron chi connectivity index (χ4n) is 3.83. The first-order chi connectivity index (χ1) is 12.2. The Morgan fingerprint density at radius 1 is 1.20 bits per heavy atom. The molecule has 0 aliphatic heterocycles. The second-order valence-corrected chi connectivity index (χ2v) is 7.12. The van der Waals surface area contributed by atoms with Gasteiger partial charge in [-0.1, -0.05) is 44.4 Å². The number of H-pyrrole nitrogens is 1. The molecule has 0 atom stereocenters. The van der Waals surface area contributed by atoms with Crippen molar-refractivity contribution in [1.82, 2.24) is 15.5 Å². The zero-order chi connectivity index (χ0) is 17.6. The van der Waals surface area contributed by atoms with Crippen molar-refractivity contribution in [3.05, 3.63) is 40.3 Å². The maximum atomic E-state index is 12.5. The molecule has 0 bridgehead atoms. The molecule has 1 aromatic carbocycles. The van der Waals surface area contributed by atoms with Gasteiger partial charge in [0.25, 0.3) is 5.56 Å².